The zero-order valence-electron chi connectivity index (χ0n) is 12.8. The Hall–Kier alpha value is -2.80. The number of hydrogen-bond acceptors (Lipinski definition) is 7. The molecule has 10 nitrogen and oxygen atoms in total. The third-order valence-electron chi connectivity index (χ3n) is 3.24. The van der Waals surface area contributed by atoms with Crippen LogP contribution >= 0.6 is 0 Å². The van der Waals surface area contributed by atoms with Crippen LogP contribution in [0.1, 0.15) is 11.1 Å². The highest BCUT2D eigenvalue weighted by Crippen LogP contribution is 2.34. The van der Waals surface area contributed by atoms with Crippen LogP contribution in [0.25, 0.3) is 9.81 Å². The standard InChI is InChI=1S/C14H12N2O8S2/c15-11-5-1-9(2-6-11)13(25(19,20)21)14(26(22,23)24)10-3-7-12(8-4-10)16(17)18/h1-8H,15H2,(H,19,20,21)(H,22,23,24). The minimum atomic E-state index is -5.15. The molecule has 2 rings (SSSR count). The Morgan fingerprint density at radius 2 is 1.15 bits per heavy atom. The van der Waals surface area contributed by atoms with Crippen LogP contribution in [0.15, 0.2) is 48.5 Å². The molecule has 0 fully saturated rings. The number of nitro benzene ring substituents is 1. The van der Waals surface area contributed by atoms with Gasteiger partial charge in [0.25, 0.3) is 25.9 Å². The van der Waals surface area contributed by atoms with E-state index in [4.69, 9.17) is 5.73 Å². The van der Waals surface area contributed by atoms with Crippen molar-refractivity contribution in [2.24, 2.45) is 0 Å². The summed E-state index contributed by atoms with van der Waals surface area (Å²) in [6.07, 6.45) is 0. The Balaban J connectivity index is 2.90. The third kappa shape index (κ3) is 4.23. The molecule has 0 amide bonds. The number of rotatable bonds is 5. The fraction of sp³-hybridized carbons (Fsp3) is 0. The second-order valence-electron chi connectivity index (χ2n) is 5.03. The minimum absolute atomic E-state index is 0.243. The summed E-state index contributed by atoms with van der Waals surface area (Å²) in [7, 11) is -10.3. The highest BCUT2D eigenvalue weighted by Gasteiger charge is 2.30. The van der Waals surface area contributed by atoms with E-state index >= 15 is 0 Å². The summed E-state index contributed by atoms with van der Waals surface area (Å²) in [5.41, 5.74) is 4.72. The first-order chi connectivity index (χ1) is 11.9. The topological polar surface area (TPSA) is 178 Å². The van der Waals surface area contributed by atoms with Gasteiger partial charge in [-0.2, -0.15) is 16.8 Å². The molecule has 4 N–H and O–H groups in total. The molecule has 0 spiro atoms. The second kappa shape index (κ2) is 6.84. The number of anilines is 1. The fourth-order valence-electron chi connectivity index (χ4n) is 2.16. The number of non-ortho nitro benzene ring substituents is 1. The summed E-state index contributed by atoms with van der Waals surface area (Å²) in [4.78, 5) is 7.74. The SMILES string of the molecule is Nc1ccc(C(=C(c2ccc([N+](=O)[O-])cc2)S(=O)(=O)O)S(=O)(=O)O)cc1. The molecular formula is C14H12N2O8S2. The van der Waals surface area contributed by atoms with Crippen molar-refractivity contribution < 1.29 is 30.9 Å². The van der Waals surface area contributed by atoms with E-state index in [0.717, 1.165) is 36.4 Å². The Morgan fingerprint density at radius 1 is 0.808 bits per heavy atom. The van der Waals surface area contributed by atoms with Gasteiger partial charge in [0.1, 0.15) is 9.81 Å². The van der Waals surface area contributed by atoms with E-state index in [2.05, 4.69) is 0 Å². The first-order valence-electron chi connectivity index (χ1n) is 6.71. The lowest BCUT2D eigenvalue weighted by molar-refractivity contribution is -0.384. The lowest BCUT2D eigenvalue weighted by Gasteiger charge is -2.12. The summed E-state index contributed by atoms with van der Waals surface area (Å²) >= 11 is 0. The van der Waals surface area contributed by atoms with Crippen LogP contribution < -0.4 is 5.73 Å². The minimum Gasteiger partial charge on any atom is -0.399 e. The molecule has 2 aromatic rings. The van der Waals surface area contributed by atoms with E-state index in [-0.39, 0.29) is 22.5 Å². The highest BCUT2D eigenvalue weighted by molar-refractivity contribution is 8.01. The Bertz CT molecular complexity index is 1090. The number of nitro groups is 1. The maximum Gasteiger partial charge on any atom is 0.296 e. The Kier molecular flexibility index (Phi) is 5.13. The van der Waals surface area contributed by atoms with Crippen molar-refractivity contribution in [3.8, 4) is 0 Å². The number of hydrogen-bond donors (Lipinski definition) is 3. The molecule has 0 aliphatic heterocycles. The molecule has 0 unspecified atom stereocenters. The second-order valence-corrected chi connectivity index (χ2v) is 7.75. The quantitative estimate of drug-likeness (QED) is 0.222. The first kappa shape index (κ1) is 19.5. The van der Waals surface area contributed by atoms with Crippen LogP contribution in [0.4, 0.5) is 11.4 Å². The molecule has 0 aliphatic rings. The predicted molar refractivity (Wildman–Crippen MR) is 93.9 cm³/mol. The average molecular weight is 400 g/mol. The molecule has 0 atom stereocenters. The fourth-order valence-corrected chi connectivity index (χ4v) is 4.37. The van der Waals surface area contributed by atoms with Gasteiger partial charge >= 0.3 is 0 Å². The van der Waals surface area contributed by atoms with E-state index in [1.807, 2.05) is 0 Å². The third-order valence-corrected chi connectivity index (χ3v) is 5.28. The van der Waals surface area contributed by atoms with Gasteiger partial charge in [0.05, 0.1) is 4.92 Å². The Labute approximate surface area is 148 Å². The molecule has 0 aromatic heterocycles. The molecule has 0 bridgehead atoms. The molecule has 0 saturated heterocycles. The number of nitrogens with zero attached hydrogens (tertiary/aromatic N) is 1. The first-order valence-corrected chi connectivity index (χ1v) is 9.59. The van der Waals surface area contributed by atoms with E-state index in [0.29, 0.717) is 0 Å². The van der Waals surface area contributed by atoms with E-state index in [1.165, 1.54) is 12.1 Å². The Morgan fingerprint density at radius 3 is 1.46 bits per heavy atom. The average Bonchev–Trinajstić information content (AvgIpc) is 2.51. The van der Waals surface area contributed by atoms with Gasteiger partial charge in [-0.15, -0.1) is 0 Å². The molecule has 26 heavy (non-hydrogen) atoms. The zero-order chi connectivity index (χ0) is 19.7. The van der Waals surface area contributed by atoms with Gasteiger partial charge in [-0.1, -0.05) is 12.1 Å². The molecule has 0 heterocycles. The highest BCUT2D eigenvalue weighted by atomic mass is 32.2. The van der Waals surface area contributed by atoms with Crippen molar-refractivity contribution >= 4 is 41.4 Å². The monoisotopic (exact) mass is 400 g/mol. The van der Waals surface area contributed by atoms with Crippen molar-refractivity contribution in [3.63, 3.8) is 0 Å². The van der Waals surface area contributed by atoms with Gasteiger partial charge < -0.3 is 5.73 Å². The van der Waals surface area contributed by atoms with Gasteiger partial charge in [-0.25, -0.2) is 0 Å². The van der Waals surface area contributed by atoms with Gasteiger partial charge in [0.15, 0.2) is 0 Å². The molecule has 2 aromatic carbocycles. The van der Waals surface area contributed by atoms with Crippen molar-refractivity contribution in [1.82, 2.24) is 0 Å². The summed E-state index contributed by atoms with van der Waals surface area (Å²) < 4.78 is 66.4. The largest absolute Gasteiger partial charge is 0.399 e. The number of nitrogens with two attached hydrogens (primary N) is 1. The van der Waals surface area contributed by atoms with Crippen molar-refractivity contribution in [3.05, 3.63) is 69.8 Å². The summed E-state index contributed by atoms with van der Waals surface area (Å²) in [6, 6.07) is 8.50. The molecular weight excluding hydrogens is 388 g/mol. The summed E-state index contributed by atoms with van der Waals surface area (Å²) in [5.74, 6) is 0. The van der Waals surface area contributed by atoms with E-state index in [9.17, 15) is 36.1 Å². The van der Waals surface area contributed by atoms with Crippen LogP contribution in [0.3, 0.4) is 0 Å². The van der Waals surface area contributed by atoms with Crippen LogP contribution in [-0.4, -0.2) is 30.9 Å². The molecule has 12 heteroatoms. The lowest BCUT2D eigenvalue weighted by Crippen LogP contribution is -2.11. The predicted octanol–water partition coefficient (Wildman–Crippen LogP) is 1.78. The lowest BCUT2D eigenvalue weighted by atomic mass is 10.1. The maximum absolute atomic E-state index is 11.8. The van der Waals surface area contributed by atoms with Gasteiger partial charge in [-0.3, -0.25) is 19.2 Å². The van der Waals surface area contributed by atoms with Crippen LogP contribution in [0.2, 0.25) is 0 Å². The number of nitrogen functional groups attached to an aromatic ring is 1. The number of benzene rings is 2. The van der Waals surface area contributed by atoms with Crippen LogP contribution in [0.5, 0.6) is 0 Å². The van der Waals surface area contributed by atoms with E-state index in [1.54, 1.807) is 0 Å². The molecule has 0 radical (unpaired) electrons. The molecule has 0 saturated carbocycles. The summed E-state index contributed by atoms with van der Waals surface area (Å²) in [5, 5.41) is 10.7. The van der Waals surface area contributed by atoms with Crippen molar-refractivity contribution in [2.45, 2.75) is 0 Å². The van der Waals surface area contributed by atoms with Gasteiger partial charge in [0.2, 0.25) is 0 Å². The smallest absolute Gasteiger partial charge is 0.296 e. The van der Waals surface area contributed by atoms with Crippen molar-refractivity contribution in [1.29, 1.82) is 0 Å². The van der Waals surface area contributed by atoms with E-state index < -0.39 is 35.0 Å². The maximum atomic E-state index is 11.8. The normalized spacial score (nSPS) is 13.2. The van der Waals surface area contributed by atoms with Crippen molar-refractivity contribution in [2.75, 3.05) is 5.73 Å². The van der Waals surface area contributed by atoms with Crippen LogP contribution in [-0.2, 0) is 20.2 Å². The zero-order valence-corrected chi connectivity index (χ0v) is 14.4. The molecule has 0 aliphatic carbocycles. The van der Waals surface area contributed by atoms with Gasteiger partial charge in [0, 0.05) is 17.8 Å². The van der Waals surface area contributed by atoms with Crippen LogP contribution in [0, 0.1) is 10.1 Å². The van der Waals surface area contributed by atoms with Gasteiger partial charge in [-0.05, 0) is 35.4 Å². The summed E-state index contributed by atoms with van der Waals surface area (Å²) in [6.45, 7) is 0. The molecule has 138 valence electrons.